The van der Waals surface area contributed by atoms with Crippen LogP contribution in [0.4, 0.5) is 0 Å². The lowest BCUT2D eigenvalue weighted by atomic mass is 9.39. The highest BCUT2D eigenvalue weighted by molar-refractivity contribution is 6.64. The Morgan fingerprint density at radius 1 is 1.10 bits per heavy atom. The molecule has 4 fully saturated rings. The van der Waals surface area contributed by atoms with Crippen LogP contribution in [0.2, 0.25) is 5.02 Å². The van der Waals surface area contributed by atoms with Crippen molar-refractivity contribution in [2.24, 2.45) is 16.7 Å². The summed E-state index contributed by atoms with van der Waals surface area (Å²) in [4.78, 5) is 11.7. The molecule has 1 spiro atoms. The number of benzene rings is 1. The number of carbonyl (C=O) groups excluding carboxylic acids is 1. The molecule has 0 amide bonds. The lowest BCUT2D eigenvalue weighted by molar-refractivity contribution is -0.166. The van der Waals surface area contributed by atoms with Crippen LogP contribution in [0.25, 0.3) is 0 Å². The largest absolute Gasteiger partial charge is 0.281 e. The first-order valence-electron chi connectivity index (χ1n) is 7.46. The van der Waals surface area contributed by atoms with Crippen LogP contribution < -0.4 is 0 Å². The summed E-state index contributed by atoms with van der Waals surface area (Å²) in [6, 6.07) is 8.32. The van der Waals surface area contributed by atoms with Gasteiger partial charge in [0.25, 0.3) is 0 Å². The average Bonchev–Trinajstić information content (AvgIpc) is 2.36. The van der Waals surface area contributed by atoms with Gasteiger partial charge in [-0.1, -0.05) is 23.7 Å². The van der Waals surface area contributed by atoms with Crippen molar-refractivity contribution < 1.29 is 4.79 Å². The molecule has 1 aromatic carbocycles. The molecule has 2 atom stereocenters. The number of hydrogen-bond acceptors (Lipinski definition) is 1. The van der Waals surface area contributed by atoms with Gasteiger partial charge in [-0.3, -0.25) is 4.79 Å². The summed E-state index contributed by atoms with van der Waals surface area (Å²) in [6.07, 6.45) is 6.81. The molecule has 0 N–H and O–H groups in total. The zero-order chi connectivity index (χ0) is 14.0. The normalized spacial score (nSPS) is 41.9. The quantitative estimate of drug-likeness (QED) is 0.690. The van der Waals surface area contributed by atoms with Gasteiger partial charge in [-0.2, -0.15) is 0 Å². The molecular formula is C17H18Cl2O. The Kier molecular flexibility index (Phi) is 2.79. The van der Waals surface area contributed by atoms with Crippen LogP contribution in [0, 0.1) is 16.7 Å². The molecule has 3 bridgehead atoms. The summed E-state index contributed by atoms with van der Waals surface area (Å²) in [5.74, 6) is 1.31. The van der Waals surface area contributed by atoms with Gasteiger partial charge in [-0.25, -0.2) is 0 Å². The van der Waals surface area contributed by atoms with Crippen LogP contribution >= 0.6 is 23.2 Å². The van der Waals surface area contributed by atoms with E-state index in [4.69, 9.17) is 23.2 Å². The van der Waals surface area contributed by atoms with Gasteiger partial charge in [0.2, 0.25) is 5.24 Å². The van der Waals surface area contributed by atoms with Crippen molar-refractivity contribution in [2.75, 3.05) is 0 Å². The molecule has 2 unspecified atom stereocenters. The van der Waals surface area contributed by atoms with Gasteiger partial charge in [0, 0.05) is 10.4 Å². The van der Waals surface area contributed by atoms with Crippen molar-refractivity contribution in [2.45, 2.75) is 44.4 Å². The maximum Gasteiger partial charge on any atom is 0.227 e. The third-order valence-electron chi connectivity index (χ3n) is 5.88. The molecule has 106 valence electrons. The third kappa shape index (κ3) is 1.86. The zero-order valence-electron chi connectivity index (χ0n) is 11.4. The smallest absolute Gasteiger partial charge is 0.227 e. The van der Waals surface area contributed by atoms with E-state index in [1.165, 1.54) is 24.8 Å². The van der Waals surface area contributed by atoms with Crippen LogP contribution in [0.1, 0.15) is 50.0 Å². The van der Waals surface area contributed by atoms with E-state index in [1.807, 2.05) is 12.1 Å². The van der Waals surface area contributed by atoms with Gasteiger partial charge in [0.15, 0.2) is 0 Å². The van der Waals surface area contributed by atoms with Gasteiger partial charge >= 0.3 is 0 Å². The Bertz CT molecular complexity index is 551. The Morgan fingerprint density at radius 3 is 2.40 bits per heavy atom. The zero-order valence-corrected chi connectivity index (χ0v) is 12.9. The maximum atomic E-state index is 11.7. The summed E-state index contributed by atoms with van der Waals surface area (Å²) >= 11 is 11.8. The monoisotopic (exact) mass is 308 g/mol. The standard InChI is InChI=1S/C17H18Cl2O/c18-14-3-1-12(2-4-14)13-5-11-6-16(8-13)9-17(7-11,10-16)15(19)20/h1-4,11,13H,5-10H2. The number of carbonyl (C=O) groups is 1. The van der Waals surface area contributed by atoms with E-state index in [-0.39, 0.29) is 10.7 Å². The minimum absolute atomic E-state index is 0.0808. The fourth-order valence-corrected chi connectivity index (χ4v) is 5.86. The first-order chi connectivity index (χ1) is 9.50. The molecule has 0 heterocycles. The Morgan fingerprint density at radius 2 is 1.80 bits per heavy atom. The van der Waals surface area contributed by atoms with Gasteiger partial charge in [-0.05, 0) is 85.1 Å². The lowest BCUT2D eigenvalue weighted by Crippen LogP contribution is -2.58. The Labute approximate surface area is 129 Å². The number of hydrogen-bond donors (Lipinski definition) is 0. The van der Waals surface area contributed by atoms with Gasteiger partial charge < -0.3 is 0 Å². The number of rotatable bonds is 2. The van der Waals surface area contributed by atoms with Crippen molar-refractivity contribution in [1.29, 1.82) is 0 Å². The summed E-state index contributed by atoms with van der Waals surface area (Å²) in [7, 11) is 0. The Hall–Kier alpha value is -0.530. The van der Waals surface area contributed by atoms with Crippen LogP contribution in [-0.2, 0) is 4.79 Å². The average molecular weight is 309 g/mol. The van der Waals surface area contributed by atoms with Crippen LogP contribution in [-0.4, -0.2) is 5.24 Å². The molecule has 0 aliphatic heterocycles. The van der Waals surface area contributed by atoms with Crippen molar-refractivity contribution in [3.8, 4) is 0 Å². The van der Waals surface area contributed by atoms with Crippen LogP contribution in [0.15, 0.2) is 24.3 Å². The van der Waals surface area contributed by atoms with Crippen molar-refractivity contribution in [3.63, 3.8) is 0 Å². The molecule has 4 aliphatic rings. The molecular weight excluding hydrogens is 291 g/mol. The maximum absolute atomic E-state index is 11.7. The molecule has 0 saturated heterocycles. The van der Waals surface area contributed by atoms with E-state index >= 15 is 0 Å². The summed E-state index contributed by atoms with van der Waals surface area (Å²) in [5.41, 5.74) is 1.65. The molecule has 4 aliphatic carbocycles. The first-order valence-corrected chi connectivity index (χ1v) is 8.21. The van der Waals surface area contributed by atoms with Gasteiger partial charge in [-0.15, -0.1) is 0 Å². The van der Waals surface area contributed by atoms with Gasteiger partial charge in [0.1, 0.15) is 0 Å². The molecule has 0 radical (unpaired) electrons. The topological polar surface area (TPSA) is 17.1 Å². The van der Waals surface area contributed by atoms with E-state index in [9.17, 15) is 4.79 Å². The van der Waals surface area contributed by atoms with E-state index < -0.39 is 0 Å². The highest BCUT2D eigenvalue weighted by Crippen LogP contribution is 2.72. The highest BCUT2D eigenvalue weighted by atomic mass is 35.5. The summed E-state index contributed by atoms with van der Waals surface area (Å²) in [5, 5.41) is 0.723. The van der Waals surface area contributed by atoms with E-state index in [0.717, 1.165) is 24.3 Å². The van der Waals surface area contributed by atoms with E-state index in [0.29, 0.717) is 17.3 Å². The van der Waals surface area contributed by atoms with E-state index in [2.05, 4.69) is 12.1 Å². The van der Waals surface area contributed by atoms with E-state index in [1.54, 1.807) is 0 Å². The highest BCUT2D eigenvalue weighted by Gasteiger charge is 2.64. The fraction of sp³-hybridized carbons (Fsp3) is 0.588. The molecule has 3 heteroatoms. The summed E-state index contributed by atoms with van der Waals surface area (Å²) in [6.45, 7) is 0. The molecule has 4 saturated carbocycles. The minimum atomic E-state index is -0.157. The van der Waals surface area contributed by atoms with Gasteiger partial charge in [0.05, 0.1) is 0 Å². The molecule has 1 nitrogen and oxygen atoms in total. The minimum Gasteiger partial charge on any atom is -0.281 e. The van der Waals surface area contributed by atoms with Crippen molar-refractivity contribution >= 4 is 28.4 Å². The number of halogens is 2. The fourth-order valence-electron chi connectivity index (χ4n) is 5.52. The van der Waals surface area contributed by atoms with Crippen LogP contribution in [0.5, 0.6) is 0 Å². The predicted molar refractivity (Wildman–Crippen MR) is 81.1 cm³/mol. The third-order valence-corrected chi connectivity index (χ3v) is 6.54. The summed E-state index contributed by atoms with van der Waals surface area (Å²) < 4.78 is 0. The SMILES string of the molecule is O=C(Cl)C12CC3CC(c4ccc(Cl)cc4)CC(C3)(C1)C2. The van der Waals surface area contributed by atoms with Crippen LogP contribution in [0.3, 0.4) is 0 Å². The van der Waals surface area contributed by atoms with Crippen molar-refractivity contribution in [3.05, 3.63) is 34.9 Å². The second-order valence-corrected chi connectivity index (χ2v) is 8.15. The molecule has 20 heavy (non-hydrogen) atoms. The molecule has 5 rings (SSSR count). The first kappa shape index (κ1) is 13.2. The molecule has 1 aromatic rings. The Balaban J connectivity index is 1.58. The second kappa shape index (κ2) is 4.24. The van der Waals surface area contributed by atoms with Crippen molar-refractivity contribution in [1.82, 2.24) is 0 Å². The second-order valence-electron chi connectivity index (χ2n) is 7.37. The molecule has 0 aromatic heterocycles. The predicted octanol–water partition coefficient (Wildman–Crippen LogP) is 5.16. The lowest BCUT2D eigenvalue weighted by Gasteiger charge is -2.65.